The second-order valence-electron chi connectivity index (χ2n) is 8.53. The van der Waals surface area contributed by atoms with Crippen LogP contribution < -0.4 is 10.6 Å². The number of alkyl halides is 2. The Labute approximate surface area is 207 Å². The molecule has 188 valence electrons. The first-order valence-corrected chi connectivity index (χ1v) is 11.8. The van der Waals surface area contributed by atoms with Crippen molar-refractivity contribution in [3.8, 4) is 0 Å². The van der Waals surface area contributed by atoms with E-state index in [1.165, 1.54) is 35.2 Å². The van der Waals surface area contributed by atoms with Crippen molar-refractivity contribution in [2.24, 2.45) is 5.92 Å². The van der Waals surface area contributed by atoms with Gasteiger partial charge in [-0.05, 0) is 41.3 Å². The number of hydrogen-bond acceptors (Lipinski definition) is 5. The number of methoxy groups -OCH3 is 1. The summed E-state index contributed by atoms with van der Waals surface area (Å²) in [6.45, 7) is 1.91. The van der Waals surface area contributed by atoms with Gasteiger partial charge in [0.2, 0.25) is 0 Å². The number of carbonyl (C=O) groups is 2. The van der Waals surface area contributed by atoms with E-state index in [0.717, 1.165) is 0 Å². The van der Waals surface area contributed by atoms with Gasteiger partial charge in [0.15, 0.2) is 5.82 Å². The maximum absolute atomic E-state index is 15.3. The summed E-state index contributed by atoms with van der Waals surface area (Å²) in [4.78, 5) is 29.4. The maximum Gasteiger partial charge on any atom is 0.410 e. The molecule has 0 saturated heterocycles. The van der Waals surface area contributed by atoms with Crippen LogP contribution in [0.15, 0.2) is 29.1 Å². The second kappa shape index (κ2) is 9.88. The first-order valence-electron chi connectivity index (χ1n) is 11.0. The molecule has 2 aromatic rings. The number of nitrogens with one attached hydrogen (secondary N) is 2. The summed E-state index contributed by atoms with van der Waals surface area (Å²) in [5, 5.41) is 9.37. The summed E-state index contributed by atoms with van der Waals surface area (Å²) in [5.41, 5.74) is 0.569. The van der Waals surface area contributed by atoms with Crippen molar-refractivity contribution in [3.63, 3.8) is 0 Å². The lowest BCUT2D eigenvalue weighted by molar-refractivity contribution is -0.0214. The average Bonchev–Trinajstić information content (AvgIpc) is 3.10. The number of ether oxygens (including phenoxy) is 1. The van der Waals surface area contributed by atoms with Gasteiger partial charge in [0, 0.05) is 43.4 Å². The van der Waals surface area contributed by atoms with E-state index in [4.69, 9.17) is 0 Å². The Morgan fingerprint density at radius 2 is 2.14 bits per heavy atom. The van der Waals surface area contributed by atoms with Gasteiger partial charge in [-0.2, -0.15) is 13.9 Å². The third-order valence-corrected chi connectivity index (χ3v) is 6.72. The lowest BCUT2D eigenvalue weighted by atomic mass is 9.95. The van der Waals surface area contributed by atoms with Crippen molar-refractivity contribution in [2.45, 2.75) is 51.2 Å². The van der Waals surface area contributed by atoms with Gasteiger partial charge in [-0.25, -0.2) is 19.0 Å². The van der Waals surface area contributed by atoms with Crippen molar-refractivity contribution in [1.82, 2.24) is 25.0 Å². The van der Waals surface area contributed by atoms with E-state index in [2.05, 4.69) is 41.4 Å². The predicted molar refractivity (Wildman–Crippen MR) is 123 cm³/mol. The van der Waals surface area contributed by atoms with Crippen LogP contribution in [0.5, 0.6) is 0 Å². The van der Waals surface area contributed by atoms with Crippen LogP contribution in [0.3, 0.4) is 0 Å². The molecule has 35 heavy (non-hydrogen) atoms. The van der Waals surface area contributed by atoms with E-state index >= 15 is 8.78 Å². The first kappa shape index (κ1) is 25.0. The van der Waals surface area contributed by atoms with Crippen molar-refractivity contribution in [3.05, 3.63) is 51.9 Å². The zero-order chi connectivity index (χ0) is 25.3. The molecule has 2 N–H and O–H groups in total. The lowest BCUT2D eigenvalue weighted by Crippen LogP contribution is -2.45. The number of fused-ring (bicyclic) bond motifs is 3. The maximum atomic E-state index is 15.3. The molecule has 0 aliphatic carbocycles. The summed E-state index contributed by atoms with van der Waals surface area (Å²) in [6.07, 6.45) is 3.77. The highest BCUT2D eigenvalue weighted by molar-refractivity contribution is 9.10. The molecule has 1 unspecified atom stereocenters. The quantitative estimate of drug-likeness (QED) is 0.541. The highest BCUT2D eigenvalue weighted by Gasteiger charge is 2.44. The molecular weight excluding hydrogens is 533 g/mol. The number of allylic oxidation sites excluding steroid dienone is 1. The van der Waals surface area contributed by atoms with Gasteiger partial charge in [0.1, 0.15) is 10.3 Å². The van der Waals surface area contributed by atoms with Crippen LogP contribution in [-0.4, -0.2) is 44.9 Å². The van der Waals surface area contributed by atoms with Gasteiger partial charge in [-0.15, -0.1) is 0 Å². The molecule has 13 heteroatoms. The predicted octanol–water partition coefficient (Wildman–Crippen LogP) is 4.53. The van der Waals surface area contributed by atoms with Gasteiger partial charge in [0.25, 0.3) is 5.92 Å². The highest BCUT2D eigenvalue weighted by atomic mass is 79.9. The number of anilines is 1. The molecule has 0 aromatic carbocycles. The number of hydrogen-bond donors (Lipinski definition) is 2. The van der Waals surface area contributed by atoms with E-state index in [1.54, 1.807) is 13.0 Å². The minimum atomic E-state index is -3.15. The molecule has 3 amide bonds. The molecule has 0 spiro atoms. The number of carbonyl (C=O) groups excluding carboxylic acids is 2. The molecule has 4 rings (SSSR count). The number of nitrogens with zero attached hydrogens (tertiary/aromatic N) is 4. The average molecular weight is 557 g/mol. The Morgan fingerprint density at radius 3 is 2.89 bits per heavy atom. The van der Waals surface area contributed by atoms with Gasteiger partial charge in [-0.3, -0.25) is 10.00 Å². The third kappa shape index (κ3) is 5.14. The molecule has 2 aromatic heterocycles. The van der Waals surface area contributed by atoms with Gasteiger partial charge >= 0.3 is 12.1 Å². The summed E-state index contributed by atoms with van der Waals surface area (Å²) in [7, 11) is 1.23. The van der Waals surface area contributed by atoms with Crippen LogP contribution in [0.25, 0.3) is 0 Å². The molecule has 0 saturated carbocycles. The molecular formula is C22H24BrF3N6O3. The third-order valence-electron chi connectivity index (χ3n) is 6.17. The minimum absolute atomic E-state index is 0.0451. The van der Waals surface area contributed by atoms with Crippen LogP contribution >= 0.6 is 15.9 Å². The van der Waals surface area contributed by atoms with E-state index < -0.39 is 30.3 Å². The smallest absolute Gasteiger partial charge is 0.410 e. The number of urea groups is 1. The largest absolute Gasteiger partial charge is 0.453 e. The first-order chi connectivity index (χ1) is 16.6. The fourth-order valence-electron chi connectivity index (χ4n) is 4.38. The number of alkyl carbamates (subject to hydrolysis) is 1. The number of pyridine rings is 1. The normalized spacial score (nSPS) is 21.1. The van der Waals surface area contributed by atoms with Crippen molar-refractivity contribution in [1.29, 1.82) is 0 Å². The van der Waals surface area contributed by atoms with Gasteiger partial charge < -0.3 is 15.0 Å². The van der Waals surface area contributed by atoms with Crippen molar-refractivity contribution < 1.29 is 27.5 Å². The van der Waals surface area contributed by atoms with Gasteiger partial charge in [0.05, 0.1) is 25.0 Å². The summed E-state index contributed by atoms with van der Waals surface area (Å²) in [6, 6.07) is 0.371. The minimum Gasteiger partial charge on any atom is -0.453 e. The molecule has 0 fully saturated rings. The summed E-state index contributed by atoms with van der Waals surface area (Å²) >= 11 is 2.98. The standard InChI is InChI=1S/C22H24BrF3N6O3/c1-12-9-16-14(11-31(12)20(33)29-15-5-8-27-19(23)17(15)24)18-22(25,26)6-3-13(10-32(18)30-16)4-7-28-21(34)35-2/h4-5,7-8,12-13H,3,6,9-11H2,1-2H3,(H,28,34)(H,27,29,33)/b7-4+/t12-,13?/m1/s1. The Hall–Kier alpha value is -3.09. The molecule has 9 nitrogen and oxygen atoms in total. The number of halogens is 4. The lowest BCUT2D eigenvalue weighted by Gasteiger charge is -2.33. The molecule has 4 heterocycles. The number of rotatable bonds is 3. The molecule has 2 aliphatic rings. The van der Waals surface area contributed by atoms with E-state index in [1.807, 2.05) is 0 Å². The topological polar surface area (TPSA) is 101 Å². The van der Waals surface area contributed by atoms with Crippen molar-refractivity contribution >= 4 is 33.7 Å². The second-order valence-corrected chi connectivity index (χ2v) is 9.28. The Kier molecular flexibility index (Phi) is 7.06. The van der Waals surface area contributed by atoms with Crippen molar-refractivity contribution in [2.75, 3.05) is 12.4 Å². The number of amides is 3. The SMILES string of the molecule is COC(=O)N/C=C/C1CCC(F)(F)c2c3c(nn2C1)C[C@@H](C)N(C(=O)Nc1ccnc(Br)c1F)C3. The summed E-state index contributed by atoms with van der Waals surface area (Å²) in [5.74, 6) is -4.16. The van der Waals surface area contributed by atoms with Crippen LogP contribution in [0, 0.1) is 11.7 Å². The Bertz CT molecular complexity index is 1170. The fourth-order valence-corrected chi connectivity index (χ4v) is 4.71. The zero-order valence-corrected chi connectivity index (χ0v) is 20.6. The molecule has 2 aliphatic heterocycles. The van der Waals surface area contributed by atoms with E-state index in [0.29, 0.717) is 11.3 Å². The Morgan fingerprint density at radius 1 is 1.37 bits per heavy atom. The molecule has 0 radical (unpaired) electrons. The Balaban J connectivity index is 1.58. The summed E-state index contributed by atoms with van der Waals surface area (Å²) < 4.78 is 50.6. The van der Waals surface area contributed by atoms with Crippen LogP contribution in [0.4, 0.5) is 28.4 Å². The highest BCUT2D eigenvalue weighted by Crippen LogP contribution is 2.42. The monoisotopic (exact) mass is 556 g/mol. The van der Waals surface area contributed by atoms with Crippen LogP contribution in [0.1, 0.15) is 36.7 Å². The fraction of sp³-hybridized carbons (Fsp3) is 0.455. The number of aromatic nitrogens is 3. The van der Waals surface area contributed by atoms with Crippen LogP contribution in [-0.2, 0) is 30.2 Å². The molecule has 2 atom stereocenters. The van der Waals surface area contributed by atoms with Gasteiger partial charge in [-0.1, -0.05) is 6.08 Å². The van der Waals surface area contributed by atoms with Crippen LogP contribution in [0.2, 0.25) is 0 Å². The van der Waals surface area contributed by atoms with E-state index in [-0.39, 0.29) is 53.9 Å². The zero-order valence-electron chi connectivity index (χ0n) is 19.0. The molecule has 0 bridgehead atoms. The van der Waals surface area contributed by atoms with E-state index in [9.17, 15) is 14.0 Å².